The maximum Gasteiger partial charge on any atom is 0.401 e. The summed E-state index contributed by atoms with van der Waals surface area (Å²) >= 11 is 0. The van der Waals surface area contributed by atoms with Crippen LogP contribution < -0.4 is 5.32 Å². The molecule has 2 nitrogen and oxygen atoms in total. The second kappa shape index (κ2) is 7.32. The van der Waals surface area contributed by atoms with Gasteiger partial charge in [-0.05, 0) is 46.1 Å². The standard InChI is InChI=1S/C16H31F3N2/c1-14(2,3)20-11-15(9-7-5-6-8-10-15)12-21(4)13-16(17,18)19/h20H,5-13H2,1-4H3. The van der Waals surface area contributed by atoms with Gasteiger partial charge in [-0.25, -0.2) is 0 Å². The highest BCUT2D eigenvalue weighted by atomic mass is 19.4. The quantitative estimate of drug-likeness (QED) is 0.765. The van der Waals surface area contributed by atoms with E-state index in [4.69, 9.17) is 0 Å². The molecule has 0 saturated heterocycles. The maximum atomic E-state index is 12.6. The average Bonchev–Trinajstić information content (AvgIpc) is 2.49. The van der Waals surface area contributed by atoms with Gasteiger partial charge in [-0.1, -0.05) is 25.7 Å². The molecule has 0 radical (unpaired) electrons. The molecular weight excluding hydrogens is 277 g/mol. The van der Waals surface area contributed by atoms with E-state index in [-0.39, 0.29) is 11.0 Å². The molecule has 1 rings (SSSR count). The third-order valence-corrected chi connectivity index (χ3v) is 4.21. The number of rotatable bonds is 5. The van der Waals surface area contributed by atoms with E-state index < -0.39 is 12.7 Å². The number of nitrogens with zero attached hydrogens (tertiary/aromatic N) is 1. The fourth-order valence-electron chi connectivity index (χ4n) is 3.26. The maximum absolute atomic E-state index is 12.6. The molecule has 126 valence electrons. The SMILES string of the molecule is CN(CC(F)(F)F)CC1(CNC(C)(C)C)CCCCCC1. The molecule has 1 fully saturated rings. The number of hydrogen-bond acceptors (Lipinski definition) is 2. The Bertz CT molecular complexity index is 300. The van der Waals surface area contributed by atoms with E-state index in [9.17, 15) is 13.2 Å². The van der Waals surface area contributed by atoms with Crippen LogP contribution in [0.5, 0.6) is 0 Å². The van der Waals surface area contributed by atoms with Crippen LogP contribution in [0.1, 0.15) is 59.3 Å². The molecule has 0 bridgehead atoms. The molecule has 1 saturated carbocycles. The van der Waals surface area contributed by atoms with Gasteiger partial charge in [0.15, 0.2) is 0 Å². The minimum Gasteiger partial charge on any atom is -0.311 e. The van der Waals surface area contributed by atoms with Crippen molar-refractivity contribution in [3.8, 4) is 0 Å². The van der Waals surface area contributed by atoms with Crippen molar-refractivity contribution in [1.29, 1.82) is 0 Å². The van der Waals surface area contributed by atoms with Crippen LogP contribution in [0, 0.1) is 5.41 Å². The lowest BCUT2D eigenvalue weighted by atomic mass is 9.79. The Kier molecular flexibility index (Phi) is 6.54. The second-order valence-electron chi connectivity index (χ2n) is 7.81. The summed E-state index contributed by atoms with van der Waals surface area (Å²) in [6.45, 7) is 6.84. The van der Waals surface area contributed by atoms with Crippen molar-refractivity contribution in [3.05, 3.63) is 0 Å². The number of halogens is 3. The molecule has 0 atom stereocenters. The van der Waals surface area contributed by atoms with Crippen molar-refractivity contribution in [2.45, 2.75) is 71.0 Å². The van der Waals surface area contributed by atoms with Crippen LogP contribution in [0.4, 0.5) is 13.2 Å². The van der Waals surface area contributed by atoms with E-state index >= 15 is 0 Å². The summed E-state index contributed by atoms with van der Waals surface area (Å²) in [4.78, 5) is 1.45. The van der Waals surface area contributed by atoms with E-state index in [0.717, 1.165) is 32.2 Å². The summed E-state index contributed by atoms with van der Waals surface area (Å²) in [5, 5.41) is 3.52. The molecule has 0 spiro atoms. The minimum absolute atomic E-state index is 0.00189. The van der Waals surface area contributed by atoms with Gasteiger partial charge in [-0.15, -0.1) is 0 Å². The molecule has 1 aliphatic rings. The highest BCUT2D eigenvalue weighted by Crippen LogP contribution is 2.36. The summed E-state index contributed by atoms with van der Waals surface area (Å²) in [6, 6.07) is 0. The third kappa shape index (κ3) is 8.05. The Labute approximate surface area is 127 Å². The van der Waals surface area contributed by atoms with Gasteiger partial charge in [0.25, 0.3) is 0 Å². The van der Waals surface area contributed by atoms with Gasteiger partial charge in [-0.2, -0.15) is 13.2 Å². The fraction of sp³-hybridized carbons (Fsp3) is 1.00. The first-order valence-electron chi connectivity index (χ1n) is 8.02. The van der Waals surface area contributed by atoms with Crippen molar-refractivity contribution >= 4 is 0 Å². The summed E-state index contributed by atoms with van der Waals surface area (Å²) in [7, 11) is 1.59. The molecule has 21 heavy (non-hydrogen) atoms. The van der Waals surface area contributed by atoms with Crippen LogP contribution in [0.3, 0.4) is 0 Å². The Morgan fingerprint density at radius 1 is 1.00 bits per heavy atom. The van der Waals surface area contributed by atoms with Crippen LogP contribution in [0.2, 0.25) is 0 Å². The minimum atomic E-state index is -4.11. The lowest BCUT2D eigenvalue weighted by Gasteiger charge is -2.39. The molecule has 5 heteroatoms. The van der Waals surface area contributed by atoms with Crippen LogP contribution in [-0.2, 0) is 0 Å². The first kappa shape index (κ1) is 18.8. The van der Waals surface area contributed by atoms with Gasteiger partial charge in [0.1, 0.15) is 0 Å². The highest BCUT2D eigenvalue weighted by Gasteiger charge is 2.36. The zero-order valence-corrected chi connectivity index (χ0v) is 13.9. The number of alkyl halides is 3. The van der Waals surface area contributed by atoms with Gasteiger partial charge >= 0.3 is 6.18 Å². The normalized spacial score (nSPS) is 20.6. The lowest BCUT2D eigenvalue weighted by molar-refractivity contribution is -0.146. The average molecular weight is 308 g/mol. The van der Waals surface area contributed by atoms with Gasteiger partial charge < -0.3 is 5.32 Å². The first-order valence-corrected chi connectivity index (χ1v) is 8.02. The Morgan fingerprint density at radius 2 is 1.52 bits per heavy atom. The smallest absolute Gasteiger partial charge is 0.311 e. The number of nitrogens with one attached hydrogen (secondary N) is 1. The summed E-state index contributed by atoms with van der Waals surface area (Å²) < 4.78 is 37.7. The molecule has 0 heterocycles. The van der Waals surface area contributed by atoms with Crippen molar-refractivity contribution < 1.29 is 13.2 Å². The zero-order valence-electron chi connectivity index (χ0n) is 13.9. The van der Waals surface area contributed by atoms with Crippen molar-refractivity contribution in [3.63, 3.8) is 0 Å². The fourth-order valence-corrected chi connectivity index (χ4v) is 3.26. The van der Waals surface area contributed by atoms with Crippen LogP contribution in [0.15, 0.2) is 0 Å². The Balaban J connectivity index is 2.71. The van der Waals surface area contributed by atoms with Gasteiger partial charge in [0.05, 0.1) is 6.54 Å². The topological polar surface area (TPSA) is 15.3 Å². The van der Waals surface area contributed by atoms with Gasteiger partial charge in [0.2, 0.25) is 0 Å². The molecular formula is C16H31F3N2. The molecule has 0 aliphatic heterocycles. The van der Waals surface area contributed by atoms with Crippen LogP contribution >= 0.6 is 0 Å². The van der Waals surface area contributed by atoms with E-state index in [1.807, 2.05) is 0 Å². The van der Waals surface area contributed by atoms with E-state index in [1.165, 1.54) is 17.7 Å². The zero-order chi connectivity index (χ0) is 16.1. The van der Waals surface area contributed by atoms with E-state index in [0.29, 0.717) is 6.54 Å². The second-order valence-corrected chi connectivity index (χ2v) is 7.81. The van der Waals surface area contributed by atoms with E-state index in [2.05, 4.69) is 26.1 Å². The van der Waals surface area contributed by atoms with E-state index in [1.54, 1.807) is 7.05 Å². The Morgan fingerprint density at radius 3 is 1.95 bits per heavy atom. The molecule has 1 N–H and O–H groups in total. The van der Waals surface area contributed by atoms with Gasteiger partial charge in [0, 0.05) is 18.6 Å². The number of hydrogen-bond donors (Lipinski definition) is 1. The molecule has 0 unspecified atom stereocenters. The van der Waals surface area contributed by atoms with Crippen LogP contribution in [-0.4, -0.2) is 43.3 Å². The monoisotopic (exact) mass is 308 g/mol. The lowest BCUT2D eigenvalue weighted by Crippen LogP contribution is -2.49. The van der Waals surface area contributed by atoms with Crippen molar-refractivity contribution in [2.75, 3.05) is 26.7 Å². The summed E-state index contributed by atoms with van der Waals surface area (Å²) in [6.07, 6.45) is 2.62. The molecule has 0 aromatic carbocycles. The predicted octanol–water partition coefficient (Wildman–Crippen LogP) is 4.21. The van der Waals surface area contributed by atoms with Gasteiger partial charge in [-0.3, -0.25) is 4.90 Å². The predicted molar refractivity (Wildman–Crippen MR) is 81.4 cm³/mol. The van der Waals surface area contributed by atoms with Crippen molar-refractivity contribution in [2.24, 2.45) is 5.41 Å². The van der Waals surface area contributed by atoms with Crippen LogP contribution in [0.25, 0.3) is 0 Å². The summed E-state index contributed by atoms with van der Waals surface area (Å²) in [5.74, 6) is 0. The largest absolute Gasteiger partial charge is 0.401 e. The Hall–Kier alpha value is -0.290. The summed E-state index contributed by atoms with van der Waals surface area (Å²) in [5.41, 5.74) is -0.0221. The molecule has 1 aliphatic carbocycles. The molecule has 0 aromatic heterocycles. The first-order chi connectivity index (χ1) is 9.52. The molecule has 0 aromatic rings. The van der Waals surface area contributed by atoms with Crippen molar-refractivity contribution in [1.82, 2.24) is 10.2 Å². The third-order valence-electron chi connectivity index (χ3n) is 4.21. The highest BCUT2D eigenvalue weighted by molar-refractivity contribution is 4.89. The molecule has 0 amide bonds.